The number of fused-ring (bicyclic) bond motifs is 1. The van der Waals surface area contributed by atoms with Gasteiger partial charge < -0.3 is 30.9 Å². The Kier molecular flexibility index (Phi) is 8.51. The first-order chi connectivity index (χ1) is 17.5. The minimum absolute atomic E-state index is 0.00449. The molecule has 0 saturated carbocycles. The number of nitrogens with one attached hydrogen (secondary N) is 3. The van der Waals surface area contributed by atoms with Crippen molar-refractivity contribution in [3.8, 4) is 0 Å². The normalized spacial score (nSPS) is 32.4. The Labute approximate surface area is 222 Å². The monoisotopic (exact) mass is 536 g/mol. The topological polar surface area (TPSA) is 134 Å². The smallest absolute Gasteiger partial charge is 0.353 e. The average Bonchev–Trinajstić information content (AvgIpc) is 3.52. The van der Waals surface area contributed by atoms with Crippen molar-refractivity contribution in [2.75, 3.05) is 47.3 Å². The summed E-state index contributed by atoms with van der Waals surface area (Å²) in [5.41, 5.74) is 0.0524. The van der Waals surface area contributed by atoms with E-state index in [2.05, 4.69) is 20.9 Å². The predicted molar refractivity (Wildman–Crippen MR) is 141 cm³/mol. The fourth-order valence-corrected chi connectivity index (χ4v) is 7.79. The molecule has 12 heteroatoms. The summed E-state index contributed by atoms with van der Waals surface area (Å²) < 4.78 is 0. The maximum absolute atomic E-state index is 13.2. The van der Waals surface area contributed by atoms with Gasteiger partial charge in [0.15, 0.2) is 0 Å². The van der Waals surface area contributed by atoms with Crippen LogP contribution in [0.3, 0.4) is 0 Å². The highest BCUT2D eigenvalue weighted by Crippen LogP contribution is 2.51. The second-order valence-corrected chi connectivity index (χ2v) is 12.2. The van der Waals surface area contributed by atoms with Crippen molar-refractivity contribution in [2.45, 2.75) is 62.5 Å². The maximum Gasteiger partial charge on any atom is 0.353 e. The van der Waals surface area contributed by atoms with E-state index in [1.807, 2.05) is 20.9 Å². The summed E-state index contributed by atoms with van der Waals surface area (Å²) in [6.07, 6.45) is 2.73. The van der Waals surface area contributed by atoms with E-state index in [4.69, 9.17) is 0 Å². The van der Waals surface area contributed by atoms with E-state index in [1.165, 1.54) is 16.7 Å². The van der Waals surface area contributed by atoms with Crippen molar-refractivity contribution >= 4 is 35.5 Å². The molecule has 0 aromatic rings. The SMILES string of the molecule is CNC[C@@H]1CCCN1CC(=O)N[C@H](C)[C@H]1C(=O)N2C(C(=O)O)=C(S[C@@H]3CN[C@H](C(=O)N(C)C)C3)[C@H](C)[C@H]12. The van der Waals surface area contributed by atoms with Gasteiger partial charge in [0, 0.05) is 55.3 Å². The molecule has 3 saturated heterocycles. The number of amides is 3. The number of carboxylic acid groups (broad SMARTS) is 1. The highest BCUT2D eigenvalue weighted by Gasteiger charge is 2.60. The van der Waals surface area contributed by atoms with Gasteiger partial charge >= 0.3 is 5.97 Å². The Balaban J connectivity index is 1.40. The Bertz CT molecular complexity index is 973. The van der Waals surface area contributed by atoms with Gasteiger partial charge in [0.25, 0.3) is 0 Å². The van der Waals surface area contributed by atoms with Crippen molar-refractivity contribution in [3.63, 3.8) is 0 Å². The van der Waals surface area contributed by atoms with Gasteiger partial charge in [0.1, 0.15) is 5.70 Å². The molecule has 0 radical (unpaired) electrons. The molecule has 4 heterocycles. The molecule has 7 atom stereocenters. The predicted octanol–water partition coefficient (Wildman–Crippen LogP) is -0.500. The summed E-state index contributed by atoms with van der Waals surface area (Å²) in [7, 11) is 5.35. The third-order valence-corrected chi connectivity index (χ3v) is 9.64. The van der Waals surface area contributed by atoms with Crippen LogP contribution in [0.25, 0.3) is 0 Å². The van der Waals surface area contributed by atoms with Crippen LogP contribution in [-0.2, 0) is 19.2 Å². The van der Waals surface area contributed by atoms with E-state index in [1.54, 1.807) is 19.0 Å². The lowest BCUT2D eigenvalue weighted by Gasteiger charge is -2.47. The highest BCUT2D eigenvalue weighted by molar-refractivity contribution is 8.03. The van der Waals surface area contributed by atoms with Gasteiger partial charge in [-0.25, -0.2) is 4.79 Å². The third-order valence-electron chi connectivity index (χ3n) is 8.13. The molecule has 3 fully saturated rings. The first kappa shape index (κ1) is 27.9. The number of rotatable bonds is 10. The molecule has 11 nitrogen and oxygen atoms in total. The molecule has 0 spiro atoms. The number of carboxylic acids is 1. The molecule has 4 aliphatic rings. The lowest BCUT2D eigenvalue weighted by molar-refractivity contribution is -0.158. The molecule has 206 valence electrons. The van der Waals surface area contributed by atoms with E-state index in [-0.39, 0.29) is 46.7 Å². The minimum atomic E-state index is -1.11. The number of hydrogen-bond acceptors (Lipinski definition) is 8. The van der Waals surface area contributed by atoms with Crippen molar-refractivity contribution in [2.24, 2.45) is 11.8 Å². The van der Waals surface area contributed by atoms with Gasteiger partial charge in [-0.05, 0) is 39.8 Å². The molecule has 4 N–H and O–H groups in total. The average molecular weight is 537 g/mol. The van der Waals surface area contributed by atoms with E-state index in [9.17, 15) is 24.3 Å². The number of likely N-dealkylation sites (tertiary alicyclic amines) is 1. The summed E-state index contributed by atoms with van der Waals surface area (Å²) in [6, 6.07) is -0.651. The first-order valence-corrected chi connectivity index (χ1v) is 14.0. The van der Waals surface area contributed by atoms with E-state index >= 15 is 0 Å². The van der Waals surface area contributed by atoms with E-state index in [0.29, 0.717) is 30.5 Å². The Hall–Kier alpha value is -2.15. The molecule has 4 rings (SSSR count). The summed E-state index contributed by atoms with van der Waals surface area (Å²) in [6.45, 7) is 6.40. The fraction of sp³-hybridized carbons (Fsp3) is 0.760. The van der Waals surface area contributed by atoms with E-state index in [0.717, 1.165) is 25.9 Å². The first-order valence-electron chi connectivity index (χ1n) is 13.1. The third kappa shape index (κ3) is 5.39. The van der Waals surface area contributed by atoms with Crippen LogP contribution < -0.4 is 16.0 Å². The number of aliphatic carboxylic acids is 1. The number of hydrogen-bond donors (Lipinski definition) is 4. The molecule has 0 aromatic carbocycles. The highest BCUT2D eigenvalue weighted by atomic mass is 32.2. The van der Waals surface area contributed by atoms with Gasteiger partial charge in [-0.3, -0.25) is 19.3 Å². The molecular formula is C25H40N6O5S. The van der Waals surface area contributed by atoms with E-state index < -0.39 is 17.9 Å². The second-order valence-electron chi connectivity index (χ2n) is 10.9. The lowest BCUT2D eigenvalue weighted by atomic mass is 9.78. The van der Waals surface area contributed by atoms with Crippen molar-refractivity contribution in [1.82, 2.24) is 30.7 Å². The zero-order valence-corrected chi connectivity index (χ0v) is 23.1. The fourth-order valence-electron chi connectivity index (χ4n) is 6.31. The van der Waals surface area contributed by atoms with Gasteiger partial charge in [0.05, 0.1) is 24.5 Å². The number of carbonyl (C=O) groups is 4. The molecule has 0 aromatic heterocycles. The minimum Gasteiger partial charge on any atom is -0.477 e. The van der Waals surface area contributed by atoms with Gasteiger partial charge in [-0.1, -0.05) is 6.92 Å². The number of carbonyl (C=O) groups excluding carboxylic acids is 3. The number of nitrogens with zero attached hydrogens (tertiary/aromatic N) is 3. The number of likely N-dealkylation sites (N-methyl/N-ethyl adjacent to an activating group) is 2. The Morgan fingerprint density at radius 2 is 2.03 bits per heavy atom. The quantitative estimate of drug-likeness (QED) is 0.273. The largest absolute Gasteiger partial charge is 0.477 e. The molecule has 0 aliphatic carbocycles. The van der Waals surface area contributed by atoms with Crippen LogP contribution in [0.1, 0.15) is 33.1 Å². The van der Waals surface area contributed by atoms with Crippen molar-refractivity contribution in [1.29, 1.82) is 0 Å². The standard InChI is InChI=1S/C25H40N6O5S/c1-13-20-19(14(2)28-18(32)12-30-8-6-7-15(30)10-26-3)24(34)31(20)21(25(35)36)22(13)37-16-9-17(27-11-16)23(33)29(4)5/h13-17,19-20,26-27H,6-12H2,1-5H3,(H,28,32)(H,35,36)/t13-,14-,15+,16+,17+,19-,20-/m1/s1. The maximum atomic E-state index is 13.2. The van der Waals surface area contributed by atoms with Crippen LogP contribution in [0.2, 0.25) is 0 Å². The van der Waals surface area contributed by atoms with Crippen LogP contribution >= 0.6 is 11.8 Å². The summed E-state index contributed by atoms with van der Waals surface area (Å²) in [5.74, 6) is -2.11. The van der Waals surface area contributed by atoms with Gasteiger partial charge in [0.2, 0.25) is 17.7 Å². The van der Waals surface area contributed by atoms with Crippen molar-refractivity contribution < 1.29 is 24.3 Å². The van der Waals surface area contributed by atoms with Crippen LogP contribution in [0.5, 0.6) is 0 Å². The Morgan fingerprint density at radius 3 is 2.68 bits per heavy atom. The molecule has 4 aliphatic heterocycles. The zero-order chi connectivity index (χ0) is 27.0. The molecular weight excluding hydrogens is 496 g/mol. The van der Waals surface area contributed by atoms with Crippen LogP contribution in [0, 0.1) is 11.8 Å². The Morgan fingerprint density at radius 1 is 1.30 bits per heavy atom. The number of thioether (sulfide) groups is 1. The molecule has 37 heavy (non-hydrogen) atoms. The molecule has 3 amide bonds. The second kappa shape index (κ2) is 11.3. The summed E-state index contributed by atoms with van der Waals surface area (Å²) in [4.78, 5) is 56.4. The van der Waals surface area contributed by atoms with Crippen LogP contribution in [0.4, 0.5) is 0 Å². The van der Waals surface area contributed by atoms with Crippen LogP contribution in [-0.4, -0.2) is 120 Å². The van der Waals surface area contributed by atoms with Gasteiger partial charge in [-0.15, -0.1) is 11.8 Å². The van der Waals surface area contributed by atoms with Crippen molar-refractivity contribution in [3.05, 3.63) is 10.6 Å². The zero-order valence-electron chi connectivity index (χ0n) is 22.3. The summed E-state index contributed by atoms with van der Waals surface area (Å²) in [5, 5.41) is 19.5. The molecule has 0 unspecified atom stereocenters. The molecule has 0 bridgehead atoms. The van der Waals surface area contributed by atoms with Gasteiger partial charge in [-0.2, -0.15) is 0 Å². The number of β-lactam (4-membered cyclic amide) rings is 1. The lowest BCUT2D eigenvalue weighted by Crippen LogP contribution is -2.66. The van der Waals surface area contributed by atoms with Crippen LogP contribution in [0.15, 0.2) is 10.6 Å². The summed E-state index contributed by atoms with van der Waals surface area (Å²) >= 11 is 1.47.